The van der Waals surface area contributed by atoms with Crippen molar-refractivity contribution in [2.75, 3.05) is 0 Å². The number of carboxylic acids is 2. The third-order valence-corrected chi connectivity index (χ3v) is 5.86. The molecule has 2 saturated carbocycles. The minimum absolute atomic E-state index is 0.0963. The summed E-state index contributed by atoms with van der Waals surface area (Å²) in [5.41, 5.74) is 3.89. The molecule has 10 nitrogen and oxygen atoms in total. The molecule has 1 amide bonds. The number of nitrogens with one attached hydrogen (secondary N) is 2. The van der Waals surface area contributed by atoms with Gasteiger partial charge in [0.15, 0.2) is 0 Å². The molecule has 3 rings (SSSR count). The van der Waals surface area contributed by atoms with Crippen molar-refractivity contribution in [2.24, 2.45) is 23.5 Å². The Morgan fingerprint density at radius 1 is 1.50 bits per heavy atom. The number of amides is 1. The van der Waals surface area contributed by atoms with Crippen molar-refractivity contribution in [3.05, 3.63) is 6.33 Å². The molecule has 0 radical (unpaired) electrons. The normalized spacial score (nSPS) is 35.1. The first-order chi connectivity index (χ1) is 11.3. The number of hydrogen-bond acceptors (Lipinski definition) is 7. The molecule has 0 saturated heterocycles. The zero-order chi connectivity index (χ0) is 17.6. The van der Waals surface area contributed by atoms with Crippen LogP contribution in [0, 0.1) is 17.8 Å². The van der Waals surface area contributed by atoms with Gasteiger partial charge in [-0.05, 0) is 19.3 Å². The van der Waals surface area contributed by atoms with Crippen LogP contribution < -0.4 is 11.1 Å². The van der Waals surface area contributed by atoms with Crippen molar-refractivity contribution in [1.29, 1.82) is 0 Å². The molecule has 0 aromatic carbocycles. The molecule has 1 unspecified atom stereocenters. The number of aromatic nitrogens is 3. The summed E-state index contributed by atoms with van der Waals surface area (Å²) in [7, 11) is 0. The lowest BCUT2D eigenvalue weighted by Gasteiger charge is -2.30. The van der Waals surface area contributed by atoms with Crippen molar-refractivity contribution in [3.8, 4) is 0 Å². The maximum absolute atomic E-state index is 12.0. The SMILES string of the molecule is C[C@H](N)C(=O)N[C@@]1(C(=O)O)C[C@@H](Sc2nc[nH]n2)[C@@H]2C1[C@H]2C(=O)O. The average Bonchev–Trinajstić information content (AvgIpc) is 2.90. The van der Waals surface area contributed by atoms with Gasteiger partial charge in [0.2, 0.25) is 11.1 Å². The molecule has 2 aliphatic rings. The van der Waals surface area contributed by atoms with Gasteiger partial charge < -0.3 is 21.3 Å². The molecular formula is C13H17N5O5S. The first-order valence-corrected chi connectivity index (χ1v) is 8.22. The Bertz CT molecular complexity index is 680. The second kappa shape index (κ2) is 5.74. The van der Waals surface area contributed by atoms with Crippen molar-refractivity contribution in [3.63, 3.8) is 0 Å². The molecule has 24 heavy (non-hydrogen) atoms. The van der Waals surface area contributed by atoms with Gasteiger partial charge in [0.05, 0.1) is 12.0 Å². The lowest BCUT2D eigenvalue weighted by Crippen LogP contribution is -2.59. The monoisotopic (exact) mass is 355 g/mol. The van der Waals surface area contributed by atoms with Crippen LogP contribution >= 0.6 is 11.8 Å². The van der Waals surface area contributed by atoms with Gasteiger partial charge in [-0.15, -0.1) is 5.10 Å². The van der Waals surface area contributed by atoms with E-state index in [1.807, 2.05) is 0 Å². The number of aromatic amines is 1. The summed E-state index contributed by atoms with van der Waals surface area (Å²) in [6, 6.07) is -0.888. The minimum Gasteiger partial charge on any atom is -0.481 e. The van der Waals surface area contributed by atoms with Crippen molar-refractivity contribution in [2.45, 2.75) is 35.3 Å². The van der Waals surface area contributed by atoms with E-state index in [2.05, 4.69) is 20.5 Å². The zero-order valence-electron chi connectivity index (χ0n) is 12.7. The quantitative estimate of drug-likeness (QED) is 0.425. The van der Waals surface area contributed by atoms with Gasteiger partial charge in [0.1, 0.15) is 11.9 Å². The van der Waals surface area contributed by atoms with Gasteiger partial charge in [-0.3, -0.25) is 14.7 Å². The van der Waals surface area contributed by atoms with E-state index in [1.165, 1.54) is 25.0 Å². The summed E-state index contributed by atoms with van der Waals surface area (Å²) in [5, 5.41) is 28.2. The molecule has 6 N–H and O–H groups in total. The van der Waals surface area contributed by atoms with E-state index in [9.17, 15) is 24.6 Å². The summed E-state index contributed by atoms with van der Waals surface area (Å²) >= 11 is 1.22. The van der Waals surface area contributed by atoms with E-state index in [0.29, 0.717) is 5.16 Å². The number of aliphatic carboxylic acids is 2. The van der Waals surface area contributed by atoms with Gasteiger partial charge in [-0.2, -0.15) is 0 Å². The lowest BCUT2D eigenvalue weighted by atomic mass is 9.89. The highest BCUT2D eigenvalue weighted by Gasteiger charge is 2.75. The van der Waals surface area contributed by atoms with E-state index >= 15 is 0 Å². The van der Waals surface area contributed by atoms with Crippen LogP contribution in [0.15, 0.2) is 11.5 Å². The van der Waals surface area contributed by atoms with Crippen LogP contribution in [0.2, 0.25) is 0 Å². The van der Waals surface area contributed by atoms with E-state index in [1.54, 1.807) is 0 Å². The summed E-state index contributed by atoms with van der Waals surface area (Å²) < 4.78 is 0. The summed E-state index contributed by atoms with van der Waals surface area (Å²) in [5.74, 6) is -4.78. The Morgan fingerprint density at radius 2 is 2.21 bits per heavy atom. The standard InChI is InChI=1S/C13H17N5O5S/c1-4(14)9(19)17-13(11(22)23)2-5(24-12-15-3-16-18-12)6-7(8(6)13)10(20)21/h3-8H,2,14H2,1H3,(H,17,19)(H,20,21)(H,22,23)(H,15,16,18)/t4-,5+,6-,7-,8?,13-/m0/s1. The van der Waals surface area contributed by atoms with Gasteiger partial charge in [0, 0.05) is 11.2 Å². The van der Waals surface area contributed by atoms with Crippen molar-refractivity contribution in [1.82, 2.24) is 20.5 Å². The number of fused-ring (bicyclic) bond motifs is 1. The highest BCUT2D eigenvalue weighted by atomic mass is 32.2. The summed E-state index contributed by atoms with van der Waals surface area (Å²) in [6.07, 6.45) is 1.48. The van der Waals surface area contributed by atoms with Crippen LogP contribution in [-0.4, -0.2) is 60.1 Å². The number of carbonyl (C=O) groups excluding carboxylic acids is 1. The number of carboxylic acid groups (broad SMARTS) is 2. The van der Waals surface area contributed by atoms with Crippen LogP contribution in [0.3, 0.4) is 0 Å². The van der Waals surface area contributed by atoms with Gasteiger partial charge in [0.25, 0.3) is 0 Å². The zero-order valence-corrected chi connectivity index (χ0v) is 13.5. The van der Waals surface area contributed by atoms with Crippen molar-refractivity contribution >= 4 is 29.6 Å². The van der Waals surface area contributed by atoms with E-state index in [-0.39, 0.29) is 17.6 Å². The minimum atomic E-state index is -1.63. The first-order valence-electron chi connectivity index (χ1n) is 7.34. The molecule has 1 aromatic rings. The second-order valence-electron chi connectivity index (χ2n) is 6.16. The van der Waals surface area contributed by atoms with E-state index < -0.39 is 41.3 Å². The van der Waals surface area contributed by atoms with Crippen LogP contribution in [0.4, 0.5) is 0 Å². The Labute approximate surface area is 140 Å². The number of rotatable bonds is 6. The molecule has 2 aliphatic carbocycles. The Morgan fingerprint density at radius 3 is 2.71 bits per heavy atom. The van der Waals surface area contributed by atoms with Crippen LogP contribution in [0.1, 0.15) is 13.3 Å². The molecule has 2 fully saturated rings. The first kappa shape index (κ1) is 16.7. The van der Waals surface area contributed by atoms with Gasteiger partial charge in [-0.25, -0.2) is 9.78 Å². The maximum atomic E-state index is 12.0. The molecule has 130 valence electrons. The van der Waals surface area contributed by atoms with Crippen LogP contribution in [0.5, 0.6) is 0 Å². The topological polar surface area (TPSA) is 171 Å². The molecule has 1 heterocycles. The van der Waals surface area contributed by atoms with Crippen LogP contribution in [-0.2, 0) is 14.4 Å². The molecule has 1 aromatic heterocycles. The third kappa shape index (κ3) is 2.53. The smallest absolute Gasteiger partial charge is 0.329 e. The molecule has 0 spiro atoms. The number of carbonyl (C=O) groups is 3. The molecule has 6 atom stereocenters. The highest BCUT2D eigenvalue weighted by molar-refractivity contribution is 7.99. The predicted octanol–water partition coefficient (Wildman–Crippen LogP) is -1.10. The van der Waals surface area contributed by atoms with E-state index in [0.717, 1.165) is 0 Å². The molecule has 0 bridgehead atoms. The third-order valence-electron chi connectivity index (χ3n) is 4.67. The van der Waals surface area contributed by atoms with Crippen molar-refractivity contribution < 1.29 is 24.6 Å². The van der Waals surface area contributed by atoms with Crippen LogP contribution in [0.25, 0.3) is 0 Å². The van der Waals surface area contributed by atoms with Gasteiger partial charge in [-0.1, -0.05) is 11.8 Å². The average molecular weight is 355 g/mol. The van der Waals surface area contributed by atoms with Gasteiger partial charge >= 0.3 is 11.9 Å². The fraction of sp³-hybridized carbons (Fsp3) is 0.615. The Hall–Kier alpha value is -2.14. The molecular weight excluding hydrogens is 338 g/mol. The number of hydrogen-bond donors (Lipinski definition) is 5. The number of nitrogens with two attached hydrogens (primary N) is 1. The Balaban J connectivity index is 1.90. The maximum Gasteiger partial charge on any atom is 0.329 e. The number of thioether (sulfide) groups is 1. The number of H-pyrrole nitrogens is 1. The second-order valence-corrected chi connectivity index (χ2v) is 7.37. The molecule has 11 heteroatoms. The highest BCUT2D eigenvalue weighted by Crippen LogP contribution is 2.65. The summed E-state index contributed by atoms with van der Waals surface area (Å²) in [4.78, 5) is 39.4. The number of nitrogens with zero attached hydrogens (tertiary/aromatic N) is 2. The predicted molar refractivity (Wildman–Crippen MR) is 80.9 cm³/mol. The van der Waals surface area contributed by atoms with E-state index in [4.69, 9.17) is 5.73 Å². The molecule has 0 aliphatic heterocycles. The fourth-order valence-corrected chi connectivity index (χ4v) is 4.93. The largest absolute Gasteiger partial charge is 0.481 e. The Kier molecular flexibility index (Phi) is 4.00. The fourth-order valence-electron chi connectivity index (χ4n) is 3.60. The lowest BCUT2D eigenvalue weighted by molar-refractivity contribution is -0.149. The summed E-state index contributed by atoms with van der Waals surface area (Å²) in [6.45, 7) is 1.44.